The number of aliphatic imine (C=N–C) groups is 1. The number of esters is 1. The summed E-state index contributed by atoms with van der Waals surface area (Å²) in [5.74, 6) is -0.992. The number of rotatable bonds is 6. The van der Waals surface area contributed by atoms with E-state index in [1.54, 1.807) is 50.5 Å². The fourth-order valence-corrected chi connectivity index (χ4v) is 1.99. The molecule has 1 rings (SSSR count). The molecule has 0 fully saturated rings. The first-order valence-corrected chi connectivity index (χ1v) is 7.91. The van der Waals surface area contributed by atoms with Gasteiger partial charge in [-0.2, -0.15) is 0 Å². The maximum Gasteiger partial charge on any atom is 0.408 e. The zero-order chi connectivity index (χ0) is 20.6. The Labute approximate surface area is 156 Å². The largest absolute Gasteiger partial charge is 0.467 e. The zero-order valence-electron chi connectivity index (χ0n) is 15.5. The Morgan fingerprint density at radius 2 is 1.89 bits per heavy atom. The predicted molar refractivity (Wildman–Crippen MR) is 96.7 cm³/mol. The molecule has 0 saturated heterocycles. The van der Waals surface area contributed by atoms with Crippen LogP contribution < -0.4 is 16.5 Å². The number of hydrazine groups is 1. The maximum atomic E-state index is 11.9. The average molecular weight is 381 g/mol. The number of carbonyl (C=O) groups excluding carboxylic acids is 2. The van der Waals surface area contributed by atoms with Crippen LogP contribution in [0.1, 0.15) is 26.3 Å². The standard InChI is InChI=1S/C16H23N5O6/c1-16(2,3)27-15(23)19-12(13(22)26-4)9-10-5-7-11(8-6-10)18-14(17)20-21(24)25/h5-8,12H,9H2,1-4H3,(H,19,23)(H3,17,18,20). The molecule has 0 spiro atoms. The van der Waals surface area contributed by atoms with E-state index in [9.17, 15) is 19.7 Å². The molecule has 27 heavy (non-hydrogen) atoms. The third kappa shape index (κ3) is 8.52. The Kier molecular flexibility index (Phi) is 7.51. The van der Waals surface area contributed by atoms with Crippen molar-refractivity contribution in [3.8, 4) is 0 Å². The van der Waals surface area contributed by atoms with Gasteiger partial charge >= 0.3 is 12.1 Å². The molecular formula is C16H23N5O6. The number of methoxy groups -OCH3 is 1. The Hall–Kier alpha value is -3.37. The minimum atomic E-state index is -0.944. The molecule has 0 bridgehead atoms. The number of amides is 1. The number of guanidine groups is 1. The van der Waals surface area contributed by atoms with Crippen molar-refractivity contribution in [3.63, 3.8) is 0 Å². The first-order valence-electron chi connectivity index (χ1n) is 7.91. The lowest BCUT2D eigenvalue weighted by Gasteiger charge is -2.22. The molecule has 4 N–H and O–H groups in total. The Bertz CT molecular complexity index is 711. The van der Waals surface area contributed by atoms with Crippen molar-refractivity contribution in [1.29, 1.82) is 0 Å². The molecule has 0 aliphatic rings. The first-order chi connectivity index (χ1) is 12.5. The van der Waals surface area contributed by atoms with Crippen LogP contribution in [0.3, 0.4) is 0 Å². The highest BCUT2D eigenvalue weighted by atomic mass is 16.7. The number of benzene rings is 1. The zero-order valence-corrected chi connectivity index (χ0v) is 15.5. The summed E-state index contributed by atoms with van der Waals surface area (Å²) in [4.78, 5) is 37.9. The molecule has 0 saturated carbocycles. The van der Waals surface area contributed by atoms with Gasteiger partial charge in [0, 0.05) is 6.42 Å². The molecule has 148 valence electrons. The van der Waals surface area contributed by atoms with Crippen LogP contribution in [-0.2, 0) is 20.7 Å². The number of nitrogens with one attached hydrogen (secondary N) is 2. The normalized spacial score (nSPS) is 12.7. The van der Waals surface area contributed by atoms with Gasteiger partial charge in [0.05, 0.1) is 12.8 Å². The topological polar surface area (TPSA) is 158 Å². The van der Waals surface area contributed by atoms with Crippen LogP contribution in [-0.4, -0.2) is 41.8 Å². The molecular weight excluding hydrogens is 358 g/mol. The Morgan fingerprint density at radius 1 is 1.30 bits per heavy atom. The molecule has 0 aromatic heterocycles. The van der Waals surface area contributed by atoms with Gasteiger partial charge in [-0.15, -0.1) is 0 Å². The SMILES string of the molecule is COC(=O)C(Cc1ccc(N=C(N)N[N+](=O)[O-])cc1)NC(=O)OC(C)(C)C. The number of nitrogens with zero attached hydrogens (tertiary/aromatic N) is 2. The number of nitro groups is 1. The molecule has 0 heterocycles. The number of ether oxygens (including phenoxy) is 2. The summed E-state index contributed by atoms with van der Waals surface area (Å²) in [6.45, 7) is 5.12. The van der Waals surface area contributed by atoms with E-state index in [4.69, 9.17) is 15.2 Å². The lowest BCUT2D eigenvalue weighted by Crippen LogP contribution is -2.45. The molecule has 1 unspecified atom stereocenters. The number of carbonyl (C=O) groups is 2. The summed E-state index contributed by atoms with van der Waals surface area (Å²) in [7, 11) is 1.22. The van der Waals surface area contributed by atoms with Gasteiger partial charge in [0.1, 0.15) is 11.6 Å². The van der Waals surface area contributed by atoms with Crippen LogP contribution in [0.2, 0.25) is 0 Å². The van der Waals surface area contributed by atoms with Crippen molar-refractivity contribution in [3.05, 3.63) is 39.9 Å². The van der Waals surface area contributed by atoms with Crippen molar-refractivity contribution >= 4 is 23.7 Å². The minimum absolute atomic E-state index is 0.151. The Morgan fingerprint density at radius 3 is 2.37 bits per heavy atom. The maximum absolute atomic E-state index is 11.9. The summed E-state index contributed by atoms with van der Waals surface area (Å²) in [5, 5.41) is 11.9. The highest BCUT2D eigenvalue weighted by molar-refractivity contribution is 5.82. The summed E-state index contributed by atoms with van der Waals surface area (Å²) in [6, 6.07) is 5.47. The quantitative estimate of drug-likeness (QED) is 0.217. The van der Waals surface area contributed by atoms with E-state index in [0.717, 1.165) is 0 Å². The first kappa shape index (κ1) is 21.7. The molecule has 0 aliphatic carbocycles. The van der Waals surface area contributed by atoms with E-state index in [0.29, 0.717) is 11.3 Å². The van der Waals surface area contributed by atoms with E-state index in [1.807, 2.05) is 0 Å². The fraction of sp³-hybridized carbons (Fsp3) is 0.438. The van der Waals surface area contributed by atoms with Gasteiger partial charge in [0.25, 0.3) is 5.96 Å². The molecule has 1 amide bonds. The van der Waals surface area contributed by atoms with Crippen LogP contribution in [0.4, 0.5) is 10.5 Å². The highest BCUT2D eigenvalue weighted by Crippen LogP contribution is 2.15. The van der Waals surface area contributed by atoms with E-state index < -0.39 is 28.7 Å². The van der Waals surface area contributed by atoms with Gasteiger partial charge in [-0.3, -0.25) is 0 Å². The molecule has 11 nitrogen and oxygen atoms in total. The van der Waals surface area contributed by atoms with Crippen LogP contribution in [0.25, 0.3) is 0 Å². The van der Waals surface area contributed by atoms with Crippen molar-refractivity contribution in [2.75, 3.05) is 7.11 Å². The molecule has 0 radical (unpaired) electrons. The molecule has 0 aliphatic heterocycles. The van der Waals surface area contributed by atoms with Crippen LogP contribution >= 0.6 is 0 Å². The van der Waals surface area contributed by atoms with Crippen molar-refractivity contribution in [2.24, 2.45) is 10.7 Å². The monoisotopic (exact) mass is 381 g/mol. The van der Waals surface area contributed by atoms with Crippen LogP contribution in [0, 0.1) is 10.1 Å². The number of nitrogens with two attached hydrogens (primary N) is 1. The van der Waals surface area contributed by atoms with Crippen LogP contribution in [0.15, 0.2) is 29.3 Å². The van der Waals surface area contributed by atoms with Crippen molar-refractivity contribution in [1.82, 2.24) is 10.7 Å². The summed E-state index contributed by atoms with van der Waals surface area (Å²) >= 11 is 0. The van der Waals surface area contributed by atoms with Gasteiger partial charge in [-0.25, -0.2) is 24.7 Å². The smallest absolute Gasteiger partial charge is 0.408 e. The van der Waals surface area contributed by atoms with E-state index >= 15 is 0 Å². The van der Waals surface area contributed by atoms with Gasteiger partial charge in [0.15, 0.2) is 5.03 Å². The number of hydrogen-bond donors (Lipinski definition) is 3. The van der Waals surface area contributed by atoms with E-state index in [2.05, 4.69) is 10.3 Å². The minimum Gasteiger partial charge on any atom is -0.467 e. The lowest BCUT2D eigenvalue weighted by molar-refractivity contribution is -0.525. The molecule has 1 aromatic carbocycles. The second-order valence-electron chi connectivity index (χ2n) is 6.46. The molecule has 11 heteroatoms. The van der Waals surface area contributed by atoms with Crippen molar-refractivity contribution < 1.29 is 24.1 Å². The van der Waals surface area contributed by atoms with Gasteiger partial charge in [-0.05, 0) is 38.5 Å². The highest BCUT2D eigenvalue weighted by Gasteiger charge is 2.25. The third-order valence-electron chi connectivity index (χ3n) is 3.01. The van der Waals surface area contributed by atoms with Gasteiger partial charge < -0.3 is 20.5 Å². The van der Waals surface area contributed by atoms with Gasteiger partial charge in [0.2, 0.25) is 0 Å². The lowest BCUT2D eigenvalue weighted by atomic mass is 10.1. The Balaban J connectivity index is 2.82. The fourth-order valence-electron chi connectivity index (χ4n) is 1.99. The van der Waals surface area contributed by atoms with Crippen molar-refractivity contribution in [2.45, 2.75) is 38.8 Å². The van der Waals surface area contributed by atoms with Gasteiger partial charge in [-0.1, -0.05) is 17.6 Å². The summed E-state index contributed by atoms with van der Waals surface area (Å²) in [5.41, 5.74) is 7.46. The summed E-state index contributed by atoms with van der Waals surface area (Å²) < 4.78 is 9.85. The molecule has 1 aromatic rings. The van der Waals surface area contributed by atoms with E-state index in [-0.39, 0.29) is 12.4 Å². The number of hydrogen-bond acceptors (Lipinski definition) is 7. The number of alkyl carbamates (subject to hydrolysis) is 1. The van der Waals surface area contributed by atoms with Crippen LogP contribution in [0.5, 0.6) is 0 Å². The predicted octanol–water partition coefficient (Wildman–Crippen LogP) is 1.02. The third-order valence-corrected chi connectivity index (χ3v) is 3.01. The summed E-state index contributed by atoms with van der Waals surface area (Å²) in [6.07, 6.45) is -0.587. The second-order valence-corrected chi connectivity index (χ2v) is 6.46. The average Bonchev–Trinajstić information content (AvgIpc) is 2.52. The second kappa shape index (κ2) is 9.36. The van der Waals surface area contributed by atoms with E-state index in [1.165, 1.54) is 7.11 Å². The molecule has 1 atom stereocenters.